The molecule has 0 aliphatic heterocycles. The Labute approximate surface area is 377 Å². The van der Waals surface area contributed by atoms with Gasteiger partial charge in [-0.2, -0.15) is 0 Å². The molecule has 15 nitrogen and oxygen atoms in total. The number of aliphatic hydroxyl groups excluding tert-OH is 3. The number of aldehydes is 1. The third-order valence-electron chi connectivity index (χ3n) is 9.19. The van der Waals surface area contributed by atoms with Crippen LogP contribution in [0.15, 0.2) is 102 Å². The van der Waals surface area contributed by atoms with E-state index in [2.05, 4.69) is 0 Å². The maximum absolute atomic E-state index is 13.3. The first-order valence-electron chi connectivity index (χ1n) is 19.6. The van der Waals surface area contributed by atoms with E-state index >= 15 is 0 Å². The van der Waals surface area contributed by atoms with E-state index in [4.69, 9.17) is 28.4 Å². The van der Waals surface area contributed by atoms with Gasteiger partial charge in [-0.25, -0.2) is 0 Å². The summed E-state index contributed by atoms with van der Waals surface area (Å²) in [6.45, 7) is 3.20. The van der Waals surface area contributed by atoms with Gasteiger partial charge in [-0.05, 0) is 115 Å². The summed E-state index contributed by atoms with van der Waals surface area (Å²) in [6.07, 6.45) is 8.84. The molecule has 0 saturated carbocycles. The number of Topliss-reactive ketones (excluding diaryl/α,β-unsaturated/α-hetero) is 3. The number of carbonyl (C=O) groups excluding carboxylic acids is 6. The molecule has 15 heteroatoms. The van der Waals surface area contributed by atoms with E-state index in [-0.39, 0.29) is 30.6 Å². The van der Waals surface area contributed by atoms with Gasteiger partial charge in [0.1, 0.15) is 40.9 Å². The molecule has 344 valence electrons. The summed E-state index contributed by atoms with van der Waals surface area (Å²) in [6, 6.07) is 20.1. The van der Waals surface area contributed by atoms with Gasteiger partial charge >= 0.3 is 0 Å². The number of rotatable bonds is 20. The van der Waals surface area contributed by atoms with Gasteiger partial charge in [0.25, 0.3) is 0 Å². The number of ether oxygens (including phenoxy) is 6. The fourth-order valence-electron chi connectivity index (χ4n) is 5.89. The molecule has 0 unspecified atom stereocenters. The lowest BCUT2D eigenvalue weighted by Crippen LogP contribution is -2.26. The van der Waals surface area contributed by atoms with Gasteiger partial charge in [0.15, 0.2) is 46.1 Å². The molecule has 4 aromatic rings. The molecular weight excluding hydrogens is 841 g/mol. The van der Waals surface area contributed by atoms with Crippen molar-refractivity contribution in [3.8, 4) is 34.5 Å². The van der Waals surface area contributed by atoms with Crippen LogP contribution in [0.25, 0.3) is 18.2 Å². The smallest absolute Gasteiger partial charge is 0.193 e. The van der Waals surface area contributed by atoms with Crippen LogP contribution in [0, 0.1) is 5.92 Å². The second kappa shape index (κ2) is 27.4. The largest absolute Gasteiger partial charge is 0.507 e. The molecule has 0 aliphatic rings. The van der Waals surface area contributed by atoms with Gasteiger partial charge in [-0.15, -0.1) is 0 Å². The molecule has 0 saturated heterocycles. The third kappa shape index (κ3) is 16.2. The predicted molar refractivity (Wildman–Crippen MR) is 245 cm³/mol. The minimum Gasteiger partial charge on any atom is -0.507 e. The molecule has 0 fully saturated rings. The van der Waals surface area contributed by atoms with Gasteiger partial charge in [0, 0.05) is 5.56 Å². The number of ketones is 5. The third-order valence-corrected chi connectivity index (χ3v) is 9.19. The Morgan fingerprint density at radius 1 is 0.477 bits per heavy atom. The molecule has 0 aliphatic carbocycles. The summed E-state index contributed by atoms with van der Waals surface area (Å²) >= 11 is 0. The van der Waals surface area contributed by atoms with Gasteiger partial charge in [0.05, 0.1) is 55.9 Å². The number of hydrogen-bond acceptors (Lipinski definition) is 15. The predicted octanol–water partition coefficient (Wildman–Crippen LogP) is 6.98. The Bertz CT molecular complexity index is 2330. The number of hydrogen-bond donors (Lipinski definition) is 3. The van der Waals surface area contributed by atoms with Crippen LogP contribution in [0.5, 0.6) is 34.5 Å². The first kappa shape index (κ1) is 53.5. The molecule has 3 N–H and O–H groups in total. The standard InChI is InChI=1S/C34H34O9.C9H10O3.C7H10O3/c1-40-30-15-9-23(18-32(30)42-3)7-13-28(38)34(27(37)12-6-22-5-11-25(20-35)26(17-22)21-36)29(39)14-8-24-10-16-31(41-2)33(19-24)43-4;1-11-8-4-3-7(6-10)5-9(8)12-2;1-4(8)7(5(2)9)6(3)10/h5-19,35-37H,20-21H2,1-4H3;3-6H,1-2H3;7H,1-3H3/b12-6+,13-7+,14-8+;;. The Kier molecular flexibility index (Phi) is 22.6. The van der Waals surface area contributed by atoms with Crippen LogP contribution in [0.2, 0.25) is 0 Å². The normalized spacial score (nSPS) is 10.6. The quantitative estimate of drug-likeness (QED) is 0.0204. The molecule has 0 radical (unpaired) electrons. The average Bonchev–Trinajstić information content (AvgIpc) is 3.31. The number of allylic oxidation sites excluding steroid dienone is 4. The lowest BCUT2D eigenvalue weighted by atomic mass is 9.97. The zero-order valence-electron chi connectivity index (χ0n) is 37.7. The Morgan fingerprint density at radius 3 is 1.15 bits per heavy atom. The molecule has 4 rings (SSSR count). The maximum atomic E-state index is 13.3. The van der Waals surface area contributed by atoms with Crippen molar-refractivity contribution in [1.82, 2.24) is 0 Å². The second-order valence-corrected chi connectivity index (χ2v) is 13.6. The number of methoxy groups -OCH3 is 6. The molecule has 65 heavy (non-hydrogen) atoms. The Hall–Kier alpha value is -7.62. The van der Waals surface area contributed by atoms with Crippen molar-refractivity contribution in [2.24, 2.45) is 5.92 Å². The molecular formula is C50H54O15. The molecule has 0 amide bonds. The lowest BCUT2D eigenvalue weighted by molar-refractivity contribution is -0.137. The molecule has 4 aromatic carbocycles. The number of benzene rings is 4. The average molecular weight is 895 g/mol. The highest BCUT2D eigenvalue weighted by Crippen LogP contribution is 2.30. The first-order valence-corrected chi connectivity index (χ1v) is 19.6. The van der Waals surface area contributed by atoms with Crippen molar-refractivity contribution in [3.05, 3.63) is 136 Å². The van der Waals surface area contributed by atoms with Crippen molar-refractivity contribution in [1.29, 1.82) is 0 Å². The van der Waals surface area contributed by atoms with E-state index < -0.39 is 28.8 Å². The fourth-order valence-corrected chi connectivity index (χ4v) is 5.89. The molecule has 0 spiro atoms. The van der Waals surface area contributed by atoms with E-state index in [9.17, 15) is 44.1 Å². The second-order valence-electron chi connectivity index (χ2n) is 13.6. The summed E-state index contributed by atoms with van der Waals surface area (Å²) in [5, 5.41) is 30.0. The molecule has 0 atom stereocenters. The Morgan fingerprint density at radius 2 is 0.815 bits per heavy atom. The lowest BCUT2D eigenvalue weighted by Gasteiger charge is -2.08. The monoisotopic (exact) mass is 894 g/mol. The van der Waals surface area contributed by atoms with E-state index in [1.807, 2.05) is 0 Å². The van der Waals surface area contributed by atoms with E-state index in [1.54, 1.807) is 79.9 Å². The zero-order chi connectivity index (χ0) is 48.6. The van der Waals surface area contributed by atoms with E-state index in [0.29, 0.717) is 67.9 Å². The topological polar surface area (TPSA) is 218 Å². The molecule has 0 bridgehead atoms. The van der Waals surface area contributed by atoms with Gasteiger partial charge in [-0.1, -0.05) is 42.5 Å². The highest BCUT2D eigenvalue weighted by molar-refractivity contribution is 6.29. The molecule has 0 aromatic heterocycles. The van der Waals surface area contributed by atoms with E-state index in [0.717, 1.165) is 6.29 Å². The van der Waals surface area contributed by atoms with Crippen molar-refractivity contribution >= 4 is 53.4 Å². The summed E-state index contributed by atoms with van der Waals surface area (Å²) in [5.74, 6) is -1.02. The van der Waals surface area contributed by atoms with Crippen LogP contribution in [-0.4, -0.2) is 93.2 Å². The summed E-state index contributed by atoms with van der Waals surface area (Å²) in [7, 11) is 9.09. The zero-order valence-corrected chi connectivity index (χ0v) is 37.7. The summed E-state index contributed by atoms with van der Waals surface area (Å²) in [5.41, 5.74) is 2.98. The van der Waals surface area contributed by atoms with Gasteiger partial charge < -0.3 is 43.7 Å². The van der Waals surface area contributed by atoms with Gasteiger partial charge in [-0.3, -0.25) is 28.8 Å². The summed E-state index contributed by atoms with van der Waals surface area (Å²) < 4.78 is 31.1. The van der Waals surface area contributed by atoms with Crippen molar-refractivity contribution in [3.63, 3.8) is 0 Å². The summed E-state index contributed by atoms with van der Waals surface area (Å²) in [4.78, 5) is 68.8. The minimum absolute atomic E-state index is 0.239. The van der Waals surface area contributed by atoms with Crippen LogP contribution >= 0.6 is 0 Å². The van der Waals surface area contributed by atoms with Crippen molar-refractivity contribution in [2.45, 2.75) is 34.0 Å². The van der Waals surface area contributed by atoms with Crippen LogP contribution in [0.4, 0.5) is 0 Å². The van der Waals surface area contributed by atoms with E-state index in [1.165, 1.54) is 92.8 Å². The Balaban J connectivity index is 0.000000536. The van der Waals surface area contributed by atoms with Crippen molar-refractivity contribution < 1.29 is 72.5 Å². The van der Waals surface area contributed by atoms with Crippen LogP contribution in [0.1, 0.15) is 58.9 Å². The van der Waals surface area contributed by atoms with Crippen molar-refractivity contribution in [2.75, 3.05) is 42.7 Å². The minimum atomic E-state index is -1.03. The SMILES string of the molecule is CC(=O)C(C(C)=O)C(C)=O.COc1ccc(/C=C/C(=O)C(C(=O)/C=C/c2ccc(OC)c(OC)c2)=C(O)/C=C/c2ccc(CO)c(CO)c2)cc1OC.COc1ccc(C=O)cc1OC. The number of aliphatic hydroxyl groups is 3. The first-order chi connectivity index (χ1) is 31.0. The highest BCUT2D eigenvalue weighted by atomic mass is 16.5. The fraction of sp³-hybridized carbons (Fsp3) is 0.240. The highest BCUT2D eigenvalue weighted by Gasteiger charge is 2.24. The number of carbonyl (C=O) groups is 6. The van der Waals surface area contributed by atoms with Crippen LogP contribution in [-0.2, 0) is 37.2 Å². The van der Waals surface area contributed by atoms with Gasteiger partial charge in [0.2, 0.25) is 0 Å². The van der Waals surface area contributed by atoms with Crippen LogP contribution in [0.3, 0.4) is 0 Å². The molecule has 0 heterocycles. The van der Waals surface area contributed by atoms with Crippen LogP contribution < -0.4 is 28.4 Å². The maximum Gasteiger partial charge on any atom is 0.193 e.